The molecule has 7 nitrogen and oxygen atoms in total. The molecule has 1 atom stereocenters. The van der Waals surface area contributed by atoms with Gasteiger partial charge in [-0.2, -0.15) is 0 Å². The van der Waals surface area contributed by atoms with E-state index in [4.69, 9.17) is 14.2 Å². The number of carbonyl (C=O) groups excluding carboxylic acids is 1. The lowest BCUT2D eigenvalue weighted by Gasteiger charge is -2.29. The highest BCUT2D eigenvalue weighted by atomic mass is 32.2. The third-order valence-electron chi connectivity index (χ3n) is 5.10. The number of methoxy groups -OCH3 is 2. The van der Waals surface area contributed by atoms with Gasteiger partial charge in [0.2, 0.25) is 0 Å². The van der Waals surface area contributed by atoms with E-state index in [1.807, 2.05) is 13.0 Å². The van der Waals surface area contributed by atoms with E-state index >= 15 is 0 Å². The largest absolute Gasteiger partial charge is 0.494 e. The lowest BCUT2D eigenvalue weighted by Crippen LogP contribution is -2.40. The minimum atomic E-state index is -3.15. The predicted octanol–water partition coefficient (Wildman–Crippen LogP) is 2.93. The Balaban J connectivity index is 1.93. The fourth-order valence-electron chi connectivity index (χ4n) is 3.62. The van der Waals surface area contributed by atoms with Gasteiger partial charge in [-0.25, -0.2) is 8.42 Å². The molecule has 1 aliphatic rings. The Labute approximate surface area is 177 Å². The molecular formula is C22H27NO6S. The summed E-state index contributed by atoms with van der Waals surface area (Å²) in [6.07, 6.45) is 0.423. The normalized spacial score (nSPS) is 17.4. The predicted molar refractivity (Wildman–Crippen MR) is 114 cm³/mol. The number of amides is 1. The Morgan fingerprint density at radius 2 is 1.87 bits per heavy atom. The van der Waals surface area contributed by atoms with E-state index in [2.05, 4.69) is 0 Å². The first-order valence-corrected chi connectivity index (χ1v) is 11.6. The van der Waals surface area contributed by atoms with Crippen molar-refractivity contribution >= 4 is 15.7 Å². The second-order valence-corrected chi connectivity index (χ2v) is 9.37. The van der Waals surface area contributed by atoms with Gasteiger partial charge in [0.15, 0.2) is 21.3 Å². The first kappa shape index (κ1) is 22.0. The molecule has 0 saturated carbocycles. The van der Waals surface area contributed by atoms with Crippen LogP contribution in [0.4, 0.5) is 0 Å². The van der Waals surface area contributed by atoms with E-state index in [9.17, 15) is 13.2 Å². The zero-order valence-corrected chi connectivity index (χ0v) is 18.3. The molecule has 1 amide bonds. The van der Waals surface area contributed by atoms with Crippen LogP contribution < -0.4 is 14.2 Å². The Bertz CT molecular complexity index is 1000. The summed E-state index contributed by atoms with van der Waals surface area (Å²) in [5.41, 5.74) is 1.29. The molecule has 162 valence electrons. The molecule has 1 aliphatic heterocycles. The van der Waals surface area contributed by atoms with Crippen LogP contribution >= 0.6 is 0 Å². The standard InChI is InChI=1S/C22H27NO6S/c1-4-29-19-7-5-6-17(13-19)22(24)23(18-10-11-30(25,26)15-18)14-16-8-9-20(27-2)21(12-16)28-3/h5-9,12-13,18H,4,10-11,14-15H2,1-3H3. The van der Waals surface area contributed by atoms with Crippen molar-refractivity contribution in [2.45, 2.75) is 25.9 Å². The Morgan fingerprint density at radius 1 is 1.10 bits per heavy atom. The summed E-state index contributed by atoms with van der Waals surface area (Å²) in [4.78, 5) is 15.0. The summed E-state index contributed by atoms with van der Waals surface area (Å²) < 4.78 is 40.3. The number of carbonyl (C=O) groups is 1. The van der Waals surface area contributed by atoms with Crippen molar-refractivity contribution in [1.82, 2.24) is 4.90 Å². The summed E-state index contributed by atoms with van der Waals surface area (Å²) >= 11 is 0. The van der Waals surface area contributed by atoms with Crippen LogP contribution in [-0.4, -0.2) is 57.6 Å². The molecule has 0 aromatic heterocycles. The van der Waals surface area contributed by atoms with Crippen molar-refractivity contribution < 1.29 is 27.4 Å². The molecule has 0 bridgehead atoms. The van der Waals surface area contributed by atoms with Gasteiger partial charge in [0.05, 0.1) is 32.3 Å². The molecule has 0 radical (unpaired) electrons. The lowest BCUT2D eigenvalue weighted by molar-refractivity contribution is 0.0680. The maximum Gasteiger partial charge on any atom is 0.254 e. The molecule has 0 aliphatic carbocycles. The number of rotatable bonds is 8. The van der Waals surface area contributed by atoms with Crippen molar-refractivity contribution in [2.75, 3.05) is 32.3 Å². The van der Waals surface area contributed by atoms with Crippen LogP contribution in [0.15, 0.2) is 42.5 Å². The molecular weight excluding hydrogens is 406 g/mol. The topological polar surface area (TPSA) is 82.1 Å². The van der Waals surface area contributed by atoms with Crippen LogP contribution in [0, 0.1) is 0 Å². The van der Waals surface area contributed by atoms with Gasteiger partial charge >= 0.3 is 0 Å². The van der Waals surface area contributed by atoms with Gasteiger partial charge < -0.3 is 19.1 Å². The molecule has 1 saturated heterocycles. The molecule has 0 N–H and O–H groups in total. The Morgan fingerprint density at radius 3 is 2.50 bits per heavy atom. The molecule has 8 heteroatoms. The highest BCUT2D eigenvalue weighted by Gasteiger charge is 2.35. The summed E-state index contributed by atoms with van der Waals surface area (Å²) in [6, 6.07) is 12.0. The van der Waals surface area contributed by atoms with Crippen LogP contribution in [0.1, 0.15) is 29.3 Å². The first-order valence-electron chi connectivity index (χ1n) is 9.82. The Kier molecular flexibility index (Phi) is 6.87. The molecule has 2 aromatic rings. The van der Waals surface area contributed by atoms with Crippen LogP contribution in [-0.2, 0) is 16.4 Å². The average Bonchev–Trinajstić information content (AvgIpc) is 3.11. The van der Waals surface area contributed by atoms with Gasteiger partial charge in [-0.05, 0) is 49.2 Å². The summed E-state index contributed by atoms with van der Waals surface area (Å²) in [5, 5.41) is 0. The lowest BCUT2D eigenvalue weighted by atomic mass is 10.1. The minimum Gasteiger partial charge on any atom is -0.494 e. The van der Waals surface area contributed by atoms with Gasteiger partial charge in [0.25, 0.3) is 5.91 Å². The number of hydrogen-bond acceptors (Lipinski definition) is 6. The number of sulfone groups is 1. The molecule has 2 aromatic carbocycles. The van der Waals surface area contributed by atoms with Gasteiger partial charge in [-0.3, -0.25) is 4.79 Å². The van der Waals surface area contributed by atoms with E-state index < -0.39 is 9.84 Å². The van der Waals surface area contributed by atoms with Crippen molar-refractivity contribution in [1.29, 1.82) is 0 Å². The van der Waals surface area contributed by atoms with Gasteiger partial charge in [0.1, 0.15) is 5.75 Å². The van der Waals surface area contributed by atoms with Crippen LogP contribution in [0.2, 0.25) is 0 Å². The number of ether oxygens (including phenoxy) is 3. The minimum absolute atomic E-state index is 0.0306. The third kappa shape index (κ3) is 5.05. The number of benzene rings is 2. The van der Waals surface area contributed by atoms with Crippen molar-refractivity contribution in [3.8, 4) is 17.2 Å². The molecule has 30 heavy (non-hydrogen) atoms. The van der Waals surface area contributed by atoms with Crippen molar-refractivity contribution in [2.24, 2.45) is 0 Å². The highest BCUT2D eigenvalue weighted by Crippen LogP contribution is 2.30. The summed E-state index contributed by atoms with van der Waals surface area (Å²) in [5.74, 6) is 1.58. The number of nitrogens with zero attached hydrogens (tertiary/aromatic N) is 1. The van der Waals surface area contributed by atoms with Gasteiger partial charge in [0, 0.05) is 18.2 Å². The van der Waals surface area contributed by atoms with Gasteiger partial charge in [-0.1, -0.05) is 12.1 Å². The zero-order chi connectivity index (χ0) is 21.7. The van der Waals surface area contributed by atoms with Crippen molar-refractivity contribution in [3.05, 3.63) is 53.6 Å². The zero-order valence-electron chi connectivity index (χ0n) is 17.5. The highest BCUT2D eigenvalue weighted by molar-refractivity contribution is 7.91. The average molecular weight is 434 g/mol. The second kappa shape index (κ2) is 9.38. The summed E-state index contributed by atoms with van der Waals surface area (Å²) in [7, 11) is -0.0454. The monoisotopic (exact) mass is 433 g/mol. The van der Waals surface area contributed by atoms with Crippen LogP contribution in [0.3, 0.4) is 0 Å². The van der Waals surface area contributed by atoms with E-state index in [1.165, 1.54) is 0 Å². The van der Waals surface area contributed by atoms with Crippen LogP contribution in [0.5, 0.6) is 17.2 Å². The second-order valence-electron chi connectivity index (χ2n) is 7.14. The van der Waals surface area contributed by atoms with E-state index in [0.717, 1.165) is 5.56 Å². The molecule has 3 rings (SSSR count). The van der Waals surface area contributed by atoms with E-state index in [-0.39, 0.29) is 30.0 Å². The summed E-state index contributed by atoms with van der Waals surface area (Å²) in [6.45, 7) is 2.63. The van der Waals surface area contributed by atoms with Gasteiger partial charge in [-0.15, -0.1) is 0 Å². The fraction of sp³-hybridized carbons (Fsp3) is 0.409. The fourth-order valence-corrected chi connectivity index (χ4v) is 5.35. The SMILES string of the molecule is CCOc1cccc(C(=O)N(Cc2ccc(OC)c(OC)c2)C2CCS(=O)(=O)C2)c1. The Hall–Kier alpha value is -2.74. The maximum atomic E-state index is 13.4. The number of hydrogen-bond donors (Lipinski definition) is 0. The molecule has 1 fully saturated rings. The third-order valence-corrected chi connectivity index (χ3v) is 6.85. The van der Waals surface area contributed by atoms with E-state index in [0.29, 0.717) is 35.8 Å². The first-order chi connectivity index (χ1) is 14.4. The quantitative estimate of drug-likeness (QED) is 0.637. The maximum absolute atomic E-state index is 13.4. The molecule has 1 unspecified atom stereocenters. The smallest absolute Gasteiger partial charge is 0.254 e. The van der Waals surface area contributed by atoms with E-state index in [1.54, 1.807) is 55.5 Å². The molecule has 0 spiro atoms. The van der Waals surface area contributed by atoms with Crippen LogP contribution in [0.25, 0.3) is 0 Å². The van der Waals surface area contributed by atoms with Crippen molar-refractivity contribution in [3.63, 3.8) is 0 Å². The molecule has 1 heterocycles.